The Bertz CT molecular complexity index is 593. The molecule has 0 heterocycles. The molecular formula is C15H13ClOS. The van der Waals surface area contributed by atoms with Crippen LogP contribution in [0.25, 0.3) is 0 Å². The lowest BCUT2D eigenvalue weighted by atomic mass is 10.1. The Morgan fingerprint density at radius 2 is 1.83 bits per heavy atom. The van der Waals surface area contributed by atoms with Crippen molar-refractivity contribution >= 4 is 29.1 Å². The third-order valence-electron chi connectivity index (χ3n) is 2.55. The van der Waals surface area contributed by atoms with Gasteiger partial charge in [0.1, 0.15) is 0 Å². The van der Waals surface area contributed by atoms with Gasteiger partial charge < -0.3 is 0 Å². The van der Waals surface area contributed by atoms with E-state index in [4.69, 9.17) is 11.6 Å². The highest BCUT2D eigenvalue weighted by atomic mass is 35.5. The molecule has 0 radical (unpaired) electrons. The largest absolute Gasteiger partial charge is 0.294 e. The summed E-state index contributed by atoms with van der Waals surface area (Å²) in [6.07, 6.45) is 0. The molecular weight excluding hydrogens is 264 g/mol. The number of carbonyl (C=O) groups excluding carboxylic acids is 1. The highest BCUT2D eigenvalue weighted by Gasteiger charge is 2.07. The van der Waals surface area contributed by atoms with E-state index in [0.29, 0.717) is 10.6 Å². The van der Waals surface area contributed by atoms with Gasteiger partial charge in [-0.1, -0.05) is 41.1 Å². The van der Waals surface area contributed by atoms with Gasteiger partial charge in [0.15, 0.2) is 5.78 Å². The van der Waals surface area contributed by atoms with Crippen LogP contribution in [0.5, 0.6) is 0 Å². The van der Waals surface area contributed by atoms with Gasteiger partial charge in [-0.05, 0) is 44.2 Å². The van der Waals surface area contributed by atoms with E-state index in [0.717, 1.165) is 4.90 Å². The molecule has 0 unspecified atom stereocenters. The molecule has 0 atom stereocenters. The highest BCUT2D eigenvalue weighted by molar-refractivity contribution is 7.99. The molecule has 0 aliphatic rings. The molecule has 0 aliphatic carbocycles. The zero-order valence-corrected chi connectivity index (χ0v) is 11.8. The second-order valence-electron chi connectivity index (χ2n) is 4.12. The molecule has 0 bridgehead atoms. The summed E-state index contributed by atoms with van der Waals surface area (Å²) < 4.78 is 0. The van der Waals surface area contributed by atoms with Gasteiger partial charge in [-0.15, -0.1) is 0 Å². The number of ketones is 1. The van der Waals surface area contributed by atoms with E-state index in [2.05, 4.69) is 25.1 Å². The van der Waals surface area contributed by atoms with Crippen molar-refractivity contribution in [1.29, 1.82) is 0 Å². The highest BCUT2D eigenvalue weighted by Crippen LogP contribution is 2.31. The third-order valence-corrected chi connectivity index (χ3v) is 3.84. The number of halogens is 1. The fraction of sp³-hybridized carbons (Fsp3) is 0.133. The molecule has 0 saturated heterocycles. The quantitative estimate of drug-likeness (QED) is 0.734. The molecule has 1 nitrogen and oxygen atoms in total. The topological polar surface area (TPSA) is 17.1 Å². The summed E-state index contributed by atoms with van der Waals surface area (Å²) in [5, 5.41) is 0.514. The lowest BCUT2D eigenvalue weighted by Crippen LogP contribution is -1.92. The van der Waals surface area contributed by atoms with Crippen LogP contribution in [-0.4, -0.2) is 5.78 Å². The molecule has 0 spiro atoms. The first-order valence-corrected chi connectivity index (χ1v) is 6.81. The number of carbonyl (C=O) groups is 1. The average Bonchev–Trinajstić information content (AvgIpc) is 2.28. The zero-order chi connectivity index (χ0) is 13.1. The lowest BCUT2D eigenvalue weighted by molar-refractivity contribution is 0.101. The maximum atomic E-state index is 11.3. The van der Waals surface area contributed by atoms with Crippen LogP contribution in [0.2, 0.25) is 5.02 Å². The van der Waals surface area contributed by atoms with Crippen molar-refractivity contribution in [2.45, 2.75) is 23.6 Å². The molecule has 0 saturated carbocycles. The fourth-order valence-corrected chi connectivity index (χ4v) is 3.01. The molecule has 2 rings (SSSR count). The van der Waals surface area contributed by atoms with Crippen molar-refractivity contribution in [3.8, 4) is 0 Å². The standard InChI is InChI=1S/C15H13ClOS/c1-10-4-3-5-12(8-10)18-13-6-7-14(11(2)17)15(16)9-13/h3-9H,1-2H3. The first kappa shape index (κ1) is 13.2. The smallest absolute Gasteiger partial charge is 0.161 e. The van der Waals surface area contributed by atoms with Crippen molar-refractivity contribution < 1.29 is 4.79 Å². The van der Waals surface area contributed by atoms with Gasteiger partial charge in [0.2, 0.25) is 0 Å². The van der Waals surface area contributed by atoms with Crippen LogP contribution < -0.4 is 0 Å². The maximum Gasteiger partial charge on any atom is 0.161 e. The second kappa shape index (κ2) is 5.59. The van der Waals surface area contributed by atoms with Crippen LogP contribution in [0.4, 0.5) is 0 Å². The van der Waals surface area contributed by atoms with Crippen molar-refractivity contribution in [3.63, 3.8) is 0 Å². The summed E-state index contributed by atoms with van der Waals surface area (Å²) in [4.78, 5) is 13.5. The molecule has 0 aliphatic heterocycles. The van der Waals surface area contributed by atoms with Gasteiger partial charge in [-0.2, -0.15) is 0 Å². The Hall–Kier alpha value is -1.25. The van der Waals surface area contributed by atoms with Gasteiger partial charge >= 0.3 is 0 Å². The van der Waals surface area contributed by atoms with Crippen molar-refractivity contribution in [1.82, 2.24) is 0 Å². The van der Waals surface area contributed by atoms with Gasteiger partial charge in [-0.3, -0.25) is 4.79 Å². The molecule has 0 amide bonds. The van der Waals surface area contributed by atoms with Crippen LogP contribution >= 0.6 is 23.4 Å². The SMILES string of the molecule is CC(=O)c1ccc(Sc2cccc(C)c2)cc1Cl. The van der Waals surface area contributed by atoms with Crippen molar-refractivity contribution in [3.05, 3.63) is 58.6 Å². The van der Waals surface area contributed by atoms with E-state index >= 15 is 0 Å². The summed E-state index contributed by atoms with van der Waals surface area (Å²) in [7, 11) is 0. The number of rotatable bonds is 3. The van der Waals surface area contributed by atoms with Crippen LogP contribution in [0.15, 0.2) is 52.3 Å². The van der Waals surface area contributed by atoms with Crippen LogP contribution in [0.3, 0.4) is 0 Å². The summed E-state index contributed by atoms with van der Waals surface area (Å²) in [5.74, 6) is -0.00731. The number of aryl methyl sites for hydroxylation is 1. The van der Waals surface area contributed by atoms with Crippen LogP contribution in [0.1, 0.15) is 22.8 Å². The first-order chi connectivity index (χ1) is 8.56. The number of Topliss-reactive ketones (excluding diaryl/α,β-unsaturated/α-hetero) is 1. The van der Waals surface area contributed by atoms with Crippen molar-refractivity contribution in [2.24, 2.45) is 0 Å². The Balaban J connectivity index is 2.25. The van der Waals surface area contributed by atoms with Crippen molar-refractivity contribution in [2.75, 3.05) is 0 Å². The molecule has 2 aromatic rings. The van der Waals surface area contributed by atoms with Gasteiger partial charge in [0.25, 0.3) is 0 Å². The number of hydrogen-bond donors (Lipinski definition) is 0. The minimum atomic E-state index is -0.00731. The van der Waals surface area contributed by atoms with Crippen LogP contribution in [-0.2, 0) is 0 Å². The summed E-state index contributed by atoms with van der Waals surface area (Å²) in [6, 6.07) is 13.8. The summed E-state index contributed by atoms with van der Waals surface area (Å²) in [6.45, 7) is 3.59. The minimum absolute atomic E-state index is 0.00731. The Morgan fingerprint density at radius 1 is 1.11 bits per heavy atom. The van der Waals surface area contributed by atoms with E-state index in [1.807, 2.05) is 18.2 Å². The van der Waals surface area contributed by atoms with Gasteiger partial charge in [0, 0.05) is 15.4 Å². The predicted molar refractivity (Wildman–Crippen MR) is 76.8 cm³/mol. The van der Waals surface area contributed by atoms with Crippen LogP contribution in [0, 0.1) is 6.92 Å². The molecule has 18 heavy (non-hydrogen) atoms. The van der Waals surface area contributed by atoms with E-state index in [-0.39, 0.29) is 5.78 Å². The molecule has 0 aromatic heterocycles. The lowest BCUT2D eigenvalue weighted by Gasteiger charge is -2.05. The Kier molecular flexibility index (Phi) is 4.10. The molecule has 3 heteroatoms. The minimum Gasteiger partial charge on any atom is -0.294 e. The van der Waals surface area contributed by atoms with Gasteiger partial charge in [-0.25, -0.2) is 0 Å². The fourth-order valence-electron chi connectivity index (χ4n) is 1.66. The summed E-state index contributed by atoms with van der Waals surface area (Å²) in [5.41, 5.74) is 1.80. The number of hydrogen-bond acceptors (Lipinski definition) is 2. The first-order valence-electron chi connectivity index (χ1n) is 5.61. The number of benzene rings is 2. The van der Waals surface area contributed by atoms with E-state index in [9.17, 15) is 4.79 Å². The normalized spacial score (nSPS) is 10.4. The average molecular weight is 277 g/mol. The van der Waals surface area contributed by atoms with Gasteiger partial charge in [0.05, 0.1) is 5.02 Å². The molecule has 0 N–H and O–H groups in total. The third kappa shape index (κ3) is 3.15. The molecule has 92 valence electrons. The van der Waals surface area contributed by atoms with E-state index < -0.39 is 0 Å². The Labute approximate surface area is 116 Å². The predicted octanol–water partition coefficient (Wildman–Crippen LogP) is 5.00. The molecule has 2 aromatic carbocycles. The van der Waals surface area contributed by atoms with E-state index in [1.165, 1.54) is 17.4 Å². The maximum absolute atomic E-state index is 11.3. The Morgan fingerprint density at radius 3 is 2.44 bits per heavy atom. The molecule has 0 fully saturated rings. The second-order valence-corrected chi connectivity index (χ2v) is 5.67. The van der Waals surface area contributed by atoms with E-state index in [1.54, 1.807) is 17.8 Å². The summed E-state index contributed by atoms with van der Waals surface area (Å²) >= 11 is 7.73. The zero-order valence-electron chi connectivity index (χ0n) is 10.2. The monoisotopic (exact) mass is 276 g/mol.